The van der Waals surface area contributed by atoms with Crippen LogP contribution in [0.1, 0.15) is 18.4 Å². The Balaban J connectivity index is 0.00000180. The van der Waals surface area contributed by atoms with Crippen molar-refractivity contribution in [1.29, 1.82) is 0 Å². The monoisotopic (exact) mass is 306 g/mol. The zero-order chi connectivity index (χ0) is 13.0. The first kappa shape index (κ1) is 16.7. The first-order valence-corrected chi connectivity index (χ1v) is 6.87. The van der Waals surface area contributed by atoms with E-state index in [2.05, 4.69) is 10.2 Å². The normalized spacial score (nSPS) is 20.1. The van der Waals surface area contributed by atoms with Gasteiger partial charge in [0.05, 0.1) is 0 Å². The average molecular weight is 307 g/mol. The van der Waals surface area contributed by atoms with E-state index in [4.69, 9.17) is 11.6 Å². The van der Waals surface area contributed by atoms with Crippen molar-refractivity contribution in [3.63, 3.8) is 0 Å². The van der Waals surface area contributed by atoms with Crippen molar-refractivity contribution in [2.24, 2.45) is 5.92 Å². The second-order valence-electron chi connectivity index (χ2n) is 5.04. The van der Waals surface area contributed by atoms with Gasteiger partial charge in [0, 0.05) is 23.7 Å². The Morgan fingerprint density at radius 1 is 1.47 bits per heavy atom. The van der Waals surface area contributed by atoms with Crippen LogP contribution in [0.3, 0.4) is 0 Å². The van der Waals surface area contributed by atoms with Crippen molar-refractivity contribution >= 4 is 24.0 Å². The van der Waals surface area contributed by atoms with Gasteiger partial charge in [0.2, 0.25) is 0 Å². The minimum Gasteiger partial charge on any atom is -0.319 e. The third-order valence-electron chi connectivity index (χ3n) is 3.50. The molecule has 1 fully saturated rings. The smallest absolute Gasteiger partial charge is 0.129 e. The molecule has 0 aromatic heterocycles. The summed E-state index contributed by atoms with van der Waals surface area (Å²) in [4.78, 5) is 2.33. The molecule has 0 aliphatic carbocycles. The fourth-order valence-corrected chi connectivity index (χ4v) is 2.80. The Morgan fingerprint density at radius 2 is 2.26 bits per heavy atom. The predicted molar refractivity (Wildman–Crippen MR) is 80.6 cm³/mol. The summed E-state index contributed by atoms with van der Waals surface area (Å²) in [5.74, 6) is 0.484. The maximum Gasteiger partial charge on any atom is 0.129 e. The summed E-state index contributed by atoms with van der Waals surface area (Å²) in [5.41, 5.74) is 0.740. The van der Waals surface area contributed by atoms with Crippen LogP contribution >= 0.6 is 24.0 Å². The van der Waals surface area contributed by atoms with Gasteiger partial charge in [-0.2, -0.15) is 0 Å². The molecule has 0 spiro atoms. The van der Waals surface area contributed by atoms with Crippen LogP contribution in [0.4, 0.5) is 4.39 Å². The number of nitrogens with one attached hydrogen (secondary N) is 1. The first-order valence-electron chi connectivity index (χ1n) is 6.50. The fourth-order valence-electron chi connectivity index (χ4n) is 2.64. The van der Waals surface area contributed by atoms with E-state index in [1.807, 2.05) is 7.05 Å². The van der Waals surface area contributed by atoms with Crippen LogP contribution in [0.15, 0.2) is 18.2 Å². The molecule has 1 N–H and O–H groups in total. The zero-order valence-corrected chi connectivity index (χ0v) is 12.7. The van der Waals surface area contributed by atoms with Gasteiger partial charge in [-0.25, -0.2) is 4.39 Å². The SMILES string of the molecule is CNCC1CCCN(Cc2ccc(Cl)cc2F)C1.Cl. The maximum absolute atomic E-state index is 13.7. The van der Waals surface area contributed by atoms with Crippen molar-refractivity contribution in [3.8, 4) is 0 Å². The fraction of sp³-hybridized carbons (Fsp3) is 0.571. The van der Waals surface area contributed by atoms with Gasteiger partial charge >= 0.3 is 0 Å². The minimum absolute atomic E-state index is 0. The van der Waals surface area contributed by atoms with E-state index in [9.17, 15) is 4.39 Å². The Hall–Kier alpha value is -0.350. The molecule has 0 saturated carbocycles. The zero-order valence-electron chi connectivity index (χ0n) is 11.2. The molecule has 0 bridgehead atoms. The molecule has 108 valence electrons. The summed E-state index contributed by atoms with van der Waals surface area (Å²) in [6.45, 7) is 3.83. The van der Waals surface area contributed by atoms with Crippen molar-refractivity contribution in [2.75, 3.05) is 26.7 Å². The molecule has 1 aromatic rings. The Bertz CT molecular complexity index is 399. The maximum atomic E-state index is 13.7. The summed E-state index contributed by atoms with van der Waals surface area (Å²) in [6.07, 6.45) is 2.46. The van der Waals surface area contributed by atoms with Crippen molar-refractivity contribution in [1.82, 2.24) is 10.2 Å². The number of nitrogens with zero attached hydrogens (tertiary/aromatic N) is 1. The summed E-state index contributed by atoms with van der Waals surface area (Å²) in [6, 6.07) is 4.94. The third kappa shape index (κ3) is 4.92. The lowest BCUT2D eigenvalue weighted by molar-refractivity contribution is 0.165. The summed E-state index contributed by atoms with van der Waals surface area (Å²) in [5, 5.41) is 3.68. The van der Waals surface area contributed by atoms with E-state index < -0.39 is 0 Å². The number of likely N-dealkylation sites (tertiary alicyclic amines) is 1. The van der Waals surface area contributed by atoms with E-state index in [-0.39, 0.29) is 18.2 Å². The number of hydrogen-bond donors (Lipinski definition) is 1. The highest BCUT2D eigenvalue weighted by Gasteiger charge is 2.20. The molecule has 1 unspecified atom stereocenters. The topological polar surface area (TPSA) is 15.3 Å². The Morgan fingerprint density at radius 3 is 2.95 bits per heavy atom. The summed E-state index contributed by atoms with van der Waals surface area (Å²) < 4.78 is 13.7. The predicted octanol–water partition coefficient (Wildman–Crippen LogP) is 3.33. The van der Waals surface area contributed by atoms with Crippen molar-refractivity contribution in [3.05, 3.63) is 34.6 Å². The van der Waals surface area contributed by atoms with Crippen LogP contribution in [0.25, 0.3) is 0 Å². The summed E-state index contributed by atoms with van der Waals surface area (Å²) in [7, 11) is 1.98. The quantitative estimate of drug-likeness (QED) is 0.918. The molecule has 1 atom stereocenters. The molecule has 2 rings (SSSR count). The molecule has 5 heteroatoms. The molecule has 1 aliphatic heterocycles. The number of halogens is 3. The molecular weight excluding hydrogens is 286 g/mol. The second-order valence-corrected chi connectivity index (χ2v) is 5.47. The molecule has 2 nitrogen and oxygen atoms in total. The first-order chi connectivity index (χ1) is 8.69. The van der Waals surface area contributed by atoms with Crippen LogP contribution in [-0.4, -0.2) is 31.6 Å². The largest absolute Gasteiger partial charge is 0.319 e. The highest BCUT2D eigenvalue weighted by atomic mass is 35.5. The molecule has 0 amide bonds. The molecule has 1 heterocycles. The van der Waals surface area contributed by atoms with Crippen molar-refractivity contribution in [2.45, 2.75) is 19.4 Å². The number of benzene rings is 1. The summed E-state index contributed by atoms with van der Waals surface area (Å²) >= 11 is 5.76. The van der Waals surface area contributed by atoms with Crippen LogP contribution in [0, 0.1) is 11.7 Å². The van der Waals surface area contributed by atoms with Crippen LogP contribution in [0.5, 0.6) is 0 Å². The van der Waals surface area contributed by atoms with E-state index in [1.54, 1.807) is 12.1 Å². The van der Waals surface area contributed by atoms with Gasteiger partial charge in [-0.1, -0.05) is 17.7 Å². The molecule has 1 saturated heterocycles. The van der Waals surface area contributed by atoms with Crippen LogP contribution in [-0.2, 0) is 6.54 Å². The van der Waals surface area contributed by atoms with Gasteiger partial charge in [0.25, 0.3) is 0 Å². The van der Waals surface area contributed by atoms with Gasteiger partial charge in [0.1, 0.15) is 5.82 Å². The molecule has 19 heavy (non-hydrogen) atoms. The number of rotatable bonds is 4. The second kappa shape index (κ2) is 8.05. The molecular formula is C14H21Cl2FN2. The van der Waals surface area contributed by atoms with Gasteiger partial charge in [-0.3, -0.25) is 4.90 Å². The molecule has 0 radical (unpaired) electrons. The number of hydrogen-bond acceptors (Lipinski definition) is 2. The Labute approximate surface area is 125 Å². The third-order valence-corrected chi connectivity index (χ3v) is 3.74. The van der Waals surface area contributed by atoms with Gasteiger partial charge in [0.15, 0.2) is 0 Å². The molecule has 1 aromatic carbocycles. The standard InChI is InChI=1S/C14H20ClFN2.ClH/c1-17-8-11-3-2-6-18(9-11)10-12-4-5-13(15)7-14(12)16;/h4-5,7,11,17H,2-3,6,8-10H2,1H3;1H. The van der Waals surface area contributed by atoms with Gasteiger partial charge in [-0.05, 0) is 51.0 Å². The van der Waals surface area contributed by atoms with E-state index in [0.717, 1.165) is 25.2 Å². The highest BCUT2D eigenvalue weighted by molar-refractivity contribution is 6.30. The molecule has 1 aliphatic rings. The lowest BCUT2D eigenvalue weighted by Crippen LogP contribution is -2.38. The Kier molecular flexibility index (Phi) is 7.08. The van der Waals surface area contributed by atoms with Crippen LogP contribution < -0.4 is 5.32 Å². The van der Waals surface area contributed by atoms with Crippen LogP contribution in [0.2, 0.25) is 5.02 Å². The van der Waals surface area contributed by atoms with E-state index in [0.29, 0.717) is 17.5 Å². The lowest BCUT2D eigenvalue weighted by Gasteiger charge is -2.32. The van der Waals surface area contributed by atoms with E-state index >= 15 is 0 Å². The van der Waals surface area contributed by atoms with Gasteiger partial charge < -0.3 is 5.32 Å². The average Bonchev–Trinajstić information content (AvgIpc) is 2.34. The van der Waals surface area contributed by atoms with E-state index in [1.165, 1.54) is 18.9 Å². The minimum atomic E-state index is -0.196. The van der Waals surface area contributed by atoms with Crippen molar-refractivity contribution < 1.29 is 4.39 Å². The number of piperidine rings is 1. The lowest BCUT2D eigenvalue weighted by atomic mass is 9.97. The van der Waals surface area contributed by atoms with Gasteiger partial charge in [-0.15, -0.1) is 12.4 Å². The highest BCUT2D eigenvalue weighted by Crippen LogP contribution is 2.20.